The number of allylic oxidation sites excluding steroid dienone is 4. The van der Waals surface area contributed by atoms with Gasteiger partial charge in [-0.3, -0.25) is 0 Å². The summed E-state index contributed by atoms with van der Waals surface area (Å²) in [6.07, 6.45) is 9.21. The fraction of sp³-hybridized carbons (Fsp3) is 0.310. The van der Waals surface area contributed by atoms with E-state index in [9.17, 15) is 0 Å². The molecule has 3 fully saturated rings. The van der Waals surface area contributed by atoms with E-state index in [1.807, 2.05) is 78.1 Å². The molecule has 484 valence electrons. The maximum absolute atomic E-state index is 6.39. The fourth-order valence-electron chi connectivity index (χ4n) is 15.3. The van der Waals surface area contributed by atoms with Crippen LogP contribution in [0.4, 0.5) is 0 Å². The molecule has 0 bridgehead atoms. The molecule has 12 heteroatoms. The van der Waals surface area contributed by atoms with Crippen LogP contribution in [0.5, 0.6) is 0 Å². The van der Waals surface area contributed by atoms with Crippen LogP contribution in [0.3, 0.4) is 0 Å². The third-order valence-corrected chi connectivity index (χ3v) is 26.0. The Morgan fingerprint density at radius 3 is 1.24 bits per heavy atom. The van der Waals surface area contributed by atoms with Crippen molar-refractivity contribution in [3.8, 4) is 55.6 Å². The van der Waals surface area contributed by atoms with Crippen molar-refractivity contribution in [1.82, 2.24) is 0 Å². The number of hydrogen-bond donors (Lipinski definition) is 0. The lowest BCUT2D eigenvalue weighted by molar-refractivity contribution is 0.00578. The molecular formula is C84H84B3BrO6S2. The van der Waals surface area contributed by atoms with Gasteiger partial charge in [-0.2, -0.15) is 0 Å². The highest BCUT2D eigenvalue weighted by molar-refractivity contribution is 9.10. The van der Waals surface area contributed by atoms with E-state index in [4.69, 9.17) is 27.9 Å². The highest BCUT2D eigenvalue weighted by Gasteiger charge is 2.64. The third-order valence-electron chi connectivity index (χ3n) is 23.0. The number of benzene rings is 9. The second kappa shape index (κ2) is 23.2. The Hall–Kier alpha value is -6.67. The molecule has 11 aromatic rings. The van der Waals surface area contributed by atoms with Crippen molar-refractivity contribution < 1.29 is 27.9 Å². The van der Waals surface area contributed by atoms with E-state index in [1.54, 1.807) is 0 Å². The predicted octanol–water partition coefficient (Wildman–Crippen LogP) is 22.5. The monoisotopic (exact) mass is 1360 g/mol. The summed E-state index contributed by atoms with van der Waals surface area (Å²) in [5.74, 6) is 1.03. The average Bonchev–Trinajstić information content (AvgIpc) is 1.57. The van der Waals surface area contributed by atoms with Gasteiger partial charge in [0.2, 0.25) is 0 Å². The van der Waals surface area contributed by atoms with Gasteiger partial charge in [-0.05, 0) is 196 Å². The quantitative estimate of drug-likeness (QED) is 0.155. The zero-order chi connectivity index (χ0) is 67.4. The second-order valence-electron chi connectivity index (χ2n) is 31.2. The molecule has 2 unspecified atom stereocenters. The van der Waals surface area contributed by atoms with Crippen molar-refractivity contribution in [2.24, 2.45) is 5.92 Å². The molecule has 6 aliphatic rings. The summed E-state index contributed by atoms with van der Waals surface area (Å²) < 4.78 is 43.1. The van der Waals surface area contributed by atoms with Gasteiger partial charge in [0.1, 0.15) is 0 Å². The Morgan fingerprint density at radius 2 is 0.740 bits per heavy atom. The van der Waals surface area contributed by atoms with Gasteiger partial charge in [0.15, 0.2) is 0 Å². The number of halogens is 1. The van der Waals surface area contributed by atoms with Crippen LogP contribution in [0.15, 0.2) is 211 Å². The summed E-state index contributed by atoms with van der Waals surface area (Å²) in [5.41, 5.74) is 17.7. The molecule has 96 heavy (non-hydrogen) atoms. The number of thiophene rings is 2. The van der Waals surface area contributed by atoms with Gasteiger partial charge in [0.25, 0.3) is 0 Å². The summed E-state index contributed by atoms with van der Waals surface area (Å²) in [4.78, 5) is 0. The molecule has 3 saturated heterocycles. The Balaban J connectivity index is 0.000000128. The lowest BCUT2D eigenvalue weighted by Gasteiger charge is -2.32. The van der Waals surface area contributed by atoms with Crippen LogP contribution >= 0.6 is 38.6 Å². The first-order valence-electron chi connectivity index (χ1n) is 34.0. The molecule has 3 aliphatic carbocycles. The molecule has 6 nitrogen and oxygen atoms in total. The Labute approximate surface area is 585 Å². The first-order chi connectivity index (χ1) is 45.5. The van der Waals surface area contributed by atoms with E-state index < -0.39 is 14.0 Å². The molecule has 2 atom stereocenters. The third kappa shape index (κ3) is 10.7. The van der Waals surface area contributed by atoms with Crippen LogP contribution in [0.25, 0.3) is 96.0 Å². The van der Waals surface area contributed by atoms with Gasteiger partial charge >= 0.3 is 21.1 Å². The summed E-state index contributed by atoms with van der Waals surface area (Å²) >= 11 is 7.48. The fourth-order valence-corrected chi connectivity index (χ4v) is 18.4. The standard InChI is InChI=1S/C39H35BO2S.C33H25BrS.C12H24B2O4/c1-37(2)33-19-8-7-14-29(33)30-21-20-25(23-34(30)37)28-16-11-18-32-31-17-10-15-27(35(31)43-36(28)32)24-12-9-13-26(22-24)40-41-38(3,4)39(5,6)42-40;1-33(2)29-15-4-3-10-25(29)26-17-16-21(19-30(26)33)24-12-7-14-28-27-13-6-11-23(31(27)35-32(24)28)20-8-5-9-22(34)18-20;1-9(2)10(3,4)16-13(15-9)14-17-11(5,6)12(7,8)18-14/h7-23H,1-6H3;3-19,25,29H,1-2H3;1-8H3. The van der Waals surface area contributed by atoms with E-state index >= 15 is 0 Å². The minimum atomic E-state index is -0.476. The van der Waals surface area contributed by atoms with E-state index in [-0.39, 0.29) is 51.6 Å². The molecule has 0 spiro atoms. The van der Waals surface area contributed by atoms with E-state index in [1.165, 1.54) is 118 Å². The average molecular weight is 1370 g/mol. The number of fused-ring (bicyclic) bond motifs is 12. The van der Waals surface area contributed by atoms with Crippen LogP contribution in [-0.2, 0) is 38.8 Å². The van der Waals surface area contributed by atoms with Crippen LogP contribution in [-0.4, -0.2) is 54.7 Å². The molecule has 5 heterocycles. The summed E-state index contributed by atoms with van der Waals surface area (Å²) in [6, 6.07) is 67.4. The van der Waals surface area contributed by atoms with Gasteiger partial charge in [0, 0.05) is 56.2 Å². The molecular weight excluding hydrogens is 1280 g/mol. The first-order valence-corrected chi connectivity index (χ1v) is 36.4. The molecule has 0 radical (unpaired) electrons. The lowest BCUT2D eigenvalue weighted by atomic mass is 9.49. The van der Waals surface area contributed by atoms with Gasteiger partial charge in [-0.15, -0.1) is 22.7 Å². The zero-order valence-corrected chi connectivity index (χ0v) is 61.4. The molecule has 17 rings (SSSR count). The molecule has 9 aromatic carbocycles. The summed E-state index contributed by atoms with van der Waals surface area (Å²) in [5, 5.41) is 5.30. The van der Waals surface area contributed by atoms with Crippen molar-refractivity contribution in [2.45, 2.75) is 161 Å². The highest BCUT2D eigenvalue weighted by atomic mass is 79.9. The van der Waals surface area contributed by atoms with Crippen molar-refractivity contribution >= 4 is 106 Å². The minimum absolute atomic E-state index is 0.0225. The molecule has 0 N–H and O–H groups in total. The zero-order valence-electron chi connectivity index (χ0n) is 58.2. The van der Waals surface area contributed by atoms with Gasteiger partial charge in [-0.25, -0.2) is 0 Å². The maximum atomic E-state index is 6.39. The summed E-state index contributed by atoms with van der Waals surface area (Å²) in [6.45, 7) is 34.2. The van der Waals surface area contributed by atoms with Crippen molar-refractivity contribution in [2.75, 3.05) is 0 Å². The van der Waals surface area contributed by atoms with Crippen molar-refractivity contribution in [1.29, 1.82) is 0 Å². The molecule has 2 aromatic heterocycles. The SMILES string of the molecule is CC1(C)OB(B2OC(C)(C)C(C)(C)O2)OC1(C)C.CC1(C)c2cc(-c3cccc4c3sc3c(-c5cccc(Br)c5)cccc34)ccc2C2C=CC=CC21.CC1(C)c2ccccc2-c2ccc(-c3cccc4c3sc3c(-c5cccc(B6OC(C)(C)C(C)(C)O6)c5)cccc34)cc21. The second-order valence-corrected chi connectivity index (χ2v) is 34.1. The topological polar surface area (TPSA) is 55.4 Å². The molecule has 3 aliphatic heterocycles. The van der Waals surface area contributed by atoms with Gasteiger partial charge in [0.05, 0.1) is 33.6 Å². The predicted molar refractivity (Wildman–Crippen MR) is 411 cm³/mol. The van der Waals surface area contributed by atoms with Gasteiger partial charge < -0.3 is 27.9 Å². The molecule has 0 amide bonds. The number of hydrogen-bond acceptors (Lipinski definition) is 8. The first kappa shape index (κ1) is 65.3. The maximum Gasteiger partial charge on any atom is 0.494 e. The Morgan fingerprint density at radius 1 is 0.344 bits per heavy atom. The number of rotatable bonds is 6. The Kier molecular flexibility index (Phi) is 15.8. The van der Waals surface area contributed by atoms with Gasteiger partial charge in [-0.1, -0.05) is 232 Å². The minimum Gasteiger partial charge on any atom is -0.405 e. The van der Waals surface area contributed by atoms with Crippen LogP contribution in [0.2, 0.25) is 0 Å². The van der Waals surface area contributed by atoms with E-state index in [0.717, 1.165) is 9.94 Å². The normalized spacial score (nSPS) is 21.2. The van der Waals surface area contributed by atoms with Crippen LogP contribution in [0, 0.1) is 5.92 Å². The van der Waals surface area contributed by atoms with Crippen LogP contribution < -0.4 is 5.46 Å². The van der Waals surface area contributed by atoms with Crippen molar-refractivity contribution in [3.05, 3.63) is 233 Å². The lowest BCUT2D eigenvalue weighted by Crippen LogP contribution is -2.41. The molecule has 0 saturated carbocycles. The highest BCUT2D eigenvalue weighted by Crippen LogP contribution is 2.56. The van der Waals surface area contributed by atoms with E-state index in [2.05, 4.69) is 278 Å². The van der Waals surface area contributed by atoms with E-state index in [0.29, 0.717) is 11.8 Å². The largest absolute Gasteiger partial charge is 0.494 e. The smallest absolute Gasteiger partial charge is 0.405 e. The summed E-state index contributed by atoms with van der Waals surface area (Å²) in [7, 11) is -1.33. The van der Waals surface area contributed by atoms with Crippen molar-refractivity contribution in [3.63, 3.8) is 0 Å². The Bertz CT molecular complexity index is 4930. The van der Waals surface area contributed by atoms with Crippen LogP contribution in [0.1, 0.15) is 139 Å².